The average Bonchev–Trinajstić information content (AvgIpc) is 2.45. The summed E-state index contributed by atoms with van der Waals surface area (Å²) in [6, 6.07) is 6.94. The molecule has 0 spiro atoms. The molecular weight excluding hydrogens is 278 g/mol. The lowest BCUT2D eigenvalue weighted by Crippen LogP contribution is -2.56. The standard InChI is InChI=1S/C14H12ClN3O2/c15-11-3-4-13(17-7-11)20-12-8-18(9-12)14(19)10-2-1-5-16-6-10/h1-7,12H,8-9H2. The second-order valence-electron chi connectivity index (χ2n) is 4.51. The van der Waals surface area contributed by atoms with Gasteiger partial charge in [-0.15, -0.1) is 0 Å². The summed E-state index contributed by atoms with van der Waals surface area (Å²) in [5.41, 5.74) is 0.593. The van der Waals surface area contributed by atoms with E-state index in [1.165, 1.54) is 6.20 Å². The second-order valence-corrected chi connectivity index (χ2v) is 4.94. The molecule has 1 aliphatic rings. The molecule has 1 aliphatic heterocycles. The van der Waals surface area contributed by atoms with Crippen LogP contribution in [0.3, 0.4) is 0 Å². The lowest BCUT2D eigenvalue weighted by atomic mass is 10.1. The molecule has 20 heavy (non-hydrogen) atoms. The Bertz CT molecular complexity index is 598. The highest BCUT2D eigenvalue weighted by atomic mass is 35.5. The van der Waals surface area contributed by atoms with E-state index in [-0.39, 0.29) is 12.0 Å². The van der Waals surface area contributed by atoms with Gasteiger partial charge in [-0.25, -0.2) is 4.98 Å². The van der Waals surface area contributed by atoms with E-state index < -0.39 is 0 Å². The van der Waals surface area contributed by atoms with Gasteiger partial charge >= 0.3 is 0 Å². The van der Waals surface area contributed by atoms with Crippen LogP contribution in [0.1, 0.15) is 10.4 Å². The van der Waals surface area contributed by atoms with E-state index in [0.29, 0.717) is 29.6 Å². The number of likely N-dealkylation sites (tertiary alicyclic amines) is 1. The van der Waals surface area contributed by atoms with E-state index in [1.807, 2.05) is 0 Å². The summed E-state index contributed by atoms with van der Waals surface area (Å²) in [4.78, 5) is 21.8. The molecule has 1 fully saturated rings. The number of pyridine rings is 2. The van der Waals surface area contributed by atoms with Crippen molar-refractivity contribution >= 4 is 17.5 Å². The van der Waals surface area contributed by atoms with Crippen LogP contribution in [-0.4, -0.2) is 40.0 Å². The zero-order chi connectivity index (χ0) is 13.9. The van der Waals surface area contributed by atoms with Crippen LogP contribution in [0.25, 0.3) is 0 Å². The SMILES string of the molecule is O=C(c1cccnc1)N1CC(Oc2ccc(Cl)cn2)C1. The molecule has 0 radical (unpaired) electrons. The molecule has 5 nitrogen and oxygen atoms in total. The Kier molecular flexibility index (Phi) is 3.52. The number of aromatic nitrogens is 2. The van der Waals surface area contributed by atoms with Gasteiger partial charge in [-0.3, -0.25) is 9.78 Å². The lowest BCUT2D eigenvalue weighted by Gasteiger charge is -2.38. The number of carbonyl (C=O) groups excluding carboxylic acids is 1. The molecule has 0 N–H and O–H groups in total. The summed E-state index contributed by atoms with van der Waals surface area (Å²) >= 11 is 5.75. The van der Waals surface area contributed by atoms with Gasteiger partial charge in [0.05, 0.1) is 23.7 Å². The van der Waals surface area contributed by atoms with Crippen LogP contribution >= 0.6 is 11.6 Å². The zero-order valence-corrected chi connectivity index (χ0v) is 11.3. The summed E-state index contributed by atoms with van der Waals surface area (Å²) in [7, 11) is 0. The maximum Gasteiger partial charge on any atom is 0.255 e. The summed E-state index contributed by atoms with van der Waals surface area (Å²) in [6.07, 6.45) is 4.72. The molecule has 0 atom stereocenters. The van der Waals surface area contributed by atoms with Crippen LogP contribution in [0.15, 0.2) is 42.9 Å². The van der Waals surface area contributed by atoms with Gasteiger partial charge < -0.3 is 9.64 Å². The van der Waals surface area contributed by atoms with Crippen molar-refractivity contribution in [2.45, 2.75) is 6.10 Å². The van der Waals surface area contributed by atoms with Crippen molar-refractivity contribution in [3.05, 3.63) is 53.4 Å². The Labute approximate surface area is 121 Å². The van der Waals surface area contributed by atoms with Crippen LogP contribution in [0, 0.1) is 0 Å². The monoisotopic (exact) mass is 289 g/mol. The van der Waals surface area contributed by atoms with Gasteiger partial charge in [0.1, 0.15) is 6.10 Å². The third-order valence-corrected chi connectivity index (χ3v) is 3.25. The summed E-state index contributed by atoms with van der Waals surface area (Å²) in [5, 5.41) is 0.569. The minimum absolute atomic E-state index is 0.0238. The van der Waals surface area contributed by atoms with Gasteiger partial charge in [-0.05, 0) is 18.2 Å². The zero-order valence-electron chi connectivity index (χ0n) is 10.6. The van der Waals surface area contributed by atoms with Crippen LogP contribution < -0.4 is 4.74 Å². The van der Waals surface area contributed by atoms with Gasteiger partial charge in [0, 0.05) is 24.7 Å². The molecule has 3 heterocycles. The molecular formula is C14H12ClN3O2. The molecule has 0 aromatic carbocycles. The highest BCUT2D eigenvalue weighted by Gasteiger charge is 2.33. The van der Waals surface area contributed by atoms with Crippen molar-refractivity contribution in [1.29, 1.82) is 0 Å². The highest BCUT2D eigenvalue weighted by molar-refractivity contribution is 6.30. The molecule has 1 amide bonds. The predicted molar refractivity (Wildman–Crippen MR) is 73.8 cm³/mol. The number of ether oxygens (including phenoxy) is 1. The first-order chi connectivity index (χ1) is 9.72. The Hall–Kier alpha value is -2.14. The van der Waals surface area contributed by atoms with Crippen molar-refractivity contribution in [2.24, 2.45) is 0 Å². The number of rotatable bonds is 3. The van der Waals surface area contributed by atoms with Crippen LogP contribution in [0.2, 0.25) is 5.02 Å². The fraction of sp³-hybridized carbons (Fsp3) is 0.214. The maximum atomic E-state index is 12.1. The molecule has 0 saturated carbocycles. The average molecular weight is 290 g/mol. The third-order valence-electron chi connectivity index (χ3n) is 3.03. The Morgan fingerprint density at radius 3 is 2.80 bits per heavy atom. The number of hydrogen-bond acceptors (Lipinski definition) is 4. The van der Waals surface area contributed by atoms with E-state index in [4.69, 9.17) is 16.3 Å². The first-order valence-corrected chi connectivity index (χ1v) is 6.58. The molecule has 1 saturated heterocycles. The Morgan fingerprint density at radius 2 is 2.15 bits per heavy atom. The number of nitrogens with zero attached hydrogens (tertiary/aromatic N) is 3. The predicted octanol–water partition coefficient (Wildman–Crippen LogP) is 2.03. The van der Waals surface area contributed by atoms with E-state index >= 15 is 0 Å². The van der Waals surface area contributed by atoms with Gasteiger partial charge in [0.25, 0.3) is 5.91 Å². The van der Waals surface area contributed by atoms with E-state index in [1.54, 1.807) is 41.6 Å². The van der Waals surface area contributed by atoms with Gasteiger partial charge in [0.15, 0.2) is 0 Å². The van der Waals surface area contributed by atoms with Crippen molar-refractivity contribution < 1.29 is 9.53 Å². The van der Waals surface area contributed by atoms with Gasteiger partial charge in [-0.1, -0.05) is 11.6 Å². The number of carbonyl (C=O) groups is 1. The molecule has 0 aliphatic carbocycles. The van der Waals surface area contributed by atoms with Crippen molar-refractivity contribution in [3.63, 3.8) is 0 Å². The second kappa shape index (κ2) is 5.46. The van der Waals surface area contributed by atoms with Gasteiger partial charge in [0.2, 0.25) is 5.88 Å². The molecule has 3 rings (SSSR count). The lowest BCUT2D eigenvalue weighted by molar-refractivity contribution is 0.0160. The molecule has 2 aromatic heterocycles. The fourth-order valence-corrected chi connectivity index (χ4v) is 2.06. The van der Waals surface area contributed by atoms with Crippen LogP contribution in [0.4, 0.5) is 0 Å². The first kappa shape index (κ1) is 12.9. The number of amides is 1. The van der Waals surface area contributed by atoms with E-state index in [2.05, 4.69) is 9.97 Å². The van der Waals surface area contributed by atoms with E-state index in [0.717, 1.165) is 0 Å². The normalized spacial score (nSPS) is 14.8. The topological polar surface area (TPSA) is 55.3 Å². The summed E-state index contributed by atoms with van der Waals surface area (Å²) in [6.45, 7) is 1.11. The number of halogens is 1. The van der Waals surface area contributed by atoms with Crippen molar-refractivity contribution in [1.82, 2.24) is 14.9 Å². The Balaban J connectivity index is 1.54. The van der Waals surface area contributed by atoms with E-state index in [9.17, 15) is 4.79 Å². The molecule has 0 bridgehead atoms. The quantitative estimate of drug-likeness (QED) is 0.867. The molecule has 102 valence electrons. The minimum Gasteiger partial charge on any atom is -0.471 e. The maximum absolute atomic E-state index is 12.1. The Morgan fingerprint density at radius 1 is 1.30 bits per heavy atom. The van der Waals surface area contributed by atoms with Crippen LogP contribution in [-0.2, 0) is 0 Å². The minimum atomic E-state index is -0.0259. The van der Waals surface area contributed by atoms with Gasteiger partial charge in [-0.2, -0.15) is 0 Å². The highest BCUT2D eigenvalue weighted by Crippen LogP contribution is 2.19. The fourth-order valence-electron chi connectivity index (χ4n) is 1.95. The summed E-state index contributed by atoms with van der Waals surface area (Å²) in [5.74, 6) is 0.495. The first-order valence-electron chi connectivity index (χ1n) is 6.20. The van der Waals surface area contributed by atoms with Crippen molar-refractivity contribution in [2.75, 3.05) is 13.1 Å². The smallest absolute Gasteiger partial charge is 0.255 e. The van der Waals surface area contributed by atoms with Crippen LogP contribution in [0.5, 0.6) is 5.88 Å². The summed E-state index contributed by atoms with van der Waals surface area (Å²) < 4.78 is 5.64. The molecule has 0 unspecified atom stereocenters. The molecule has 6 heteroatoms. The number of hydrogen-bond donors (Lipinski definition) is 0. The molecule has 2 aromatic rings. The van der Waals surface area contributed by atoms with Crippen molar-refractivity contribution in [3.8, 4) is 5.88 Å². The largest absolute Gasteiger partial charge is 0.471 e. The third kappa shape index (κ3) is 2.72.